The second-order valence-corrected chi connectivity index (χ2v) is 14.6. The number of likely N-dealkylation sites (tertiary alicyclic amines) is 1. The van der Waals surface area contributed by atoms with Crippen LogP contribution < -0.4 is 4.90 Å². The van der Waals surface area contributed by atoms with Crippen molar-refractivity contribution in [1.29, 1.82) is 0 Å². The second kappa shape index (κ2) is 13.6. The van der Waals surface area contributed by atoms with Gasteiger partial charge in [0.05, 0.1) is 34.7 Å². The number of nitrogens with zero attached hydrogens (tertiary/aromatic N) is 6. The summed E-state index contributed by atoms with van der Waals surface area (Å²) in [6.45, 7) is 8.11. The van der Waals surface area contributed by atoms with E-state index in [-0.39, 0.29) is 42.8 Å². The number of fused-ring (bicyclic) bond motifs is 2. The molecular formula is C38H40N6O4S. The summed E-state index contributed by atoms with van der Waals surface area (Å²) in [5.74, 6) is -2.00. The Morgan fingerprint density at radius 3 is 2.39 bits per heavy atom. The molecule has 0 saturated carbocycles. The predicted octanol–water partition coefficient (Wildman–Crippen LogP) is 4.32. The average molecular weight is 677 g/mol. The van der Waals surface area contributed by atoms with Crippen molar-refractivity contribution in [2.24, 2.45) is 11.8 Å². The molecule has 1 aromatic heterocycles. The number of hydrogen-bond acceptors (Lipinski definition) is 7. The Morgan fingerprint density at radius 2 is 1.67 bits per heavy atom. The van der Waals surface area contributed by atoms with Crippen LogP contribution in [0.5, 0.6) is 0 Å². The van der Waals surface area contributed by atoms with Crippen molar-refractivity contribution in [3.8, 4) is 0 Å². The Hall–Kier alpha value is -4.74. The number of amides is 3. The van der Waals surface area contributed by atoms with Crippen LogP contribution in [0, 0.1) is 11.8 Å². The van der Waals surface area contributed by atoms with Crippen LogP contribution in [0.4, 0.5) is 5.69 Å². The van der Waals surface area contributed by atoms with E-state index in [4.69, 9.17) is 0 Å². The minimum atomic E-state index is -0.905. The first-order valence-electron chi connectivity index (χ1n) is 16.7. The molecule has 3 aliphatic rings. The number of thioether (sulfide) groups is 1. The molecule has 7 rings (SSSR count). The monoisotopic (exact) mass is 676 g/mol. The third-order valence-corrected chi connectivity index (χ3v) is 12.2. The van der Waals surface area contributed by atoms with Gasteiger partial charge in [-0.25, -0.2) is 4.68 Å². The molecule has 3 aromatic carbocycles. The molecule has 11 heteroatoms. The highest BCUT2D eigenvalue weighted by molar-refractivity contribution is 8.02. The standard InChI is InChI=1S/C38H40N6O4S/c1-3-21-41(25-43-30-18-12-11-17-29(30)39-40-43)37(48)34-38-20-19-31(49-38)32(35(46)42(22-4-2)27-15-9-6-10-16-27)33(38)36(47)44(34)28(24-45)23-26-13-7-5-8-14-26/h3-18,28,31-34,45H,1-2,19-25H2/t28-,31+,32-,33+,34?,38?/m1/s1. The van der Waals surface area contributed by atoms with Gasteiger partial charge in [-0.1, -0.05) is 78.0 Å². The fourth-order valence-corrected chi connectivity index (χ4v) is 10.3. The van der Waals surface area contributed by atoms with Crippen molar-refractivity contribution in [1.82, 2.24) is 24.8 Å². The molecule has 2 bridgehead atoms. The minimum absolute atomic E-state index is 0.102. The molecule has 2 unspecified atom stereocenters. The van der Waals surface area contributed by atoms with Crippen LogP contribution >= 0.6 is 11.8 Å². The number of aromatic nitrogens is 3. The van der Waals surface area contributed by atoms with Gasteiger partial charge in [0.15, 0.2) is 0 Å². The summed E-state index contributed by atoms with van der Waals surface area (Å²) in [6.07, 6.45) is 5.04. The van der Waals surface area contributed by atoms with Gasteiger partial charge in [-0.2, -0.15) is 0 Å². The van der Waals surface area contributed by atoms with Gasteiger partial charge in [0.1, 0.15) is 18.2 Å². The molecule has 10 nitrogen and oxygen atoms in total. The zero-order valence-corrected chi connectivity index (χ0v) is 28.1. The lowest BCUT2D eigenvalue weighted by Crippen LogP contribution is -2.58. The fraction of sp³-hybridized carbons (Fsp3) is 0.342. The van der Waals surface area contributed by atoms with E-state index in [1.165, 1.54) is 0 Å². The number of aliphatic hydroxyl groups is 1. The maximum absolute atomic E-state index is 15.1. The summed E-state index contributed by atoms with van der Waals surface area (Å²) in [5.41, 5.74) is 3.17. The van der Waals surface area contributed by atoms with E-state index in [2.05, 4.69) is 23.5 Å². The number of anilines is 1. The molecular weight excluding hydrogens is 637 g/mol. The molecule has 6 atom stereocenters. The summed E-state index contributed by atoms with van der Waals surface area (Å²) < 4.78 is 0.836. The first-order chi connectivity index (χ1) is 23.9. The lowest BCUT2D eigenvalue weighted by molar-refractivity contribution is -0.146. The van der Waals surface area contributed by atoms with Crippen LogP contribution in [0.25, 0.3) is 11.0 Å². The van der Waals surface area contributed by atoms with Gasteiger partial charge in [0, 0.05) is 24.0 Å². The largest absolute Gasteiger partial charge is 0.394 e. The maximum Gasteiger partial charge on any atom is 0.248 e. The number of benzene rings is 3. The van der Waals surface area contributed by atoms with Gasteiger partial charge < -0.3 is 19.8 Å². The van der Waals surface area contributed by atoms with E-state index in [0.29, 0.717) is 31.3 Å². The molecule has 0 radical (unpaired) electrons. The summed E-state index contributed by atoms with van der Waals surface area (Å²) in [4.78, 5) is 49.7. The van der Waals surface area contributed by atoms with Crippen molar-refractivity contribution in [2.45, 2.75) is 48.0 Å². The first-order valence-corrected chi connectivity index (χ1v) is 17.6. The van der Waals surface area contributed by atoms with Crippen molar-refractivity contribution >= 4 is 46.2 Å². The third kappa shape index (κ3) is 5.64. The van der Waals surface area contributed by atoms with Gasteiger partial charge in [-0.3, -0.25) is 14.4 Å². The van der Waals surface area contributed by atoms with Gasteiger partial charge in [0.2, 0.25) is 17.7 Å². The van der Waals surface area contributed by atoms with Crippen LogP contribution in [0.1, 0.15) is 18.4 Å². The van der Waals surface area contributed by atoms with Crippen molar-refractivity contribution in [3.05, 3.63) is 116 Å². The van der Waals surface area contributed by atoms with E-state index in [1.54, 1.807) is 43.3 Å². The summed E-state index contributed by atoms with van der Waals surface area (Å²) in [6, 6.07) is 25.1. The number of aliphatic hydroxyl groups excluding tert-OH is 1. The quantitative estimate of drug-likeness (QED) is 0.210. The molecule has 49 heavy (non-hydrogen) atoms. The number of hydrogen-bond donors (Lipinski definition) is 1. The molecule has 252 valence electrons. The van der Waals surface area contributed by atoms with Crippen LogP contribution in [0.2, 0.25) is 0 Å². The highest BCUT2D eigenvalue weighted by Gasteiger charge is 2.74. The SMILES string of the molecule is C=CCN(Cn1nnc2ccccc21)C(=O)C1N([C@@H](CO)Cc2ccccc2)C(=O)[C@@H]2[C@H](C(=O)N(CC=C)c3ccccc3)[C@@H]3CCC12S3. The Kier molecular flexibility index (Phi) is 9.13. The van der Waals surface area contributed by atoms with E-state index >= 15 is 4.79 Å². The van der Waals surface area contributed by atoms with Gasteiger partial charge >= 0.3 is 0 Å². The topological polar surface area (TPSA) is 112 Å². The van der Waals surface area contributed by atoms with E-state index in [9.17, 15) is 14.7 Å². The molecule has 4 aromatic rings. The maximum atomic E-state index is 15.1. The first kappa shape index (κ1) is 32.8. The van der Waals surface area contributed by atoms with Crippen molar-refractivity contribution < 1.29 is 19.5 Å². The van der Waals surface area contributed by atoms with Gasteiger partial charge in [-0.05, 0) is 49.1 Å². The lowest BCUT2D eigenvalue weighted by Gasteiger charge is -2.39. The van der Waals surface area contributed by atoms with Gasteiger partial charge in [0.25, 0.3) is 0 Å². The second-order valence-electron chi connectivity index (χ2n) is 13.0. The van der Waals surface area contributed by atoms with Crippen LogP contribution in [-0.2, 0) is 27.5 Å². The predicted molar refractivity (Wildman–Crippen MR) is 190 cm³/mol. The minimum Gasteiger partial charge on any atom is -0.394 e. The summed E-state index contributed by atoms with van der Waals surface area (Å²) >= 11 is 1.62. The molecule has 1 N–H and O–H groups in total. The Bertz CT molecular complexity index is 1870. The Balaban J connectivity index is 1.30. The van der Waals surface area contributed by atoms with Crippen LogP contribution in [0.15, 0.2) is 110 Å². The van der Waals surface area contributed by atoms with Crippen LogP contribution in [0.3, 0.4) is 0 Å². The average Bonchev–Trinajstić information content (AvgIpc) is 3.89. The van der Waals surface area contributed by atoms with E-state index < -0.39 is 28.7 Å². The fourth-order valence-electron chi connectivity index (χ4n) is 8.15. The van der Waals surface area contributed by atoms with Crippen LogP contribution in [-0.4, -0.2) is 89.4 Å². The number of rotatable bonds is 13. The molecule has 3 saturated heterocycles. The highest BCUT2D eigenvalue weighted by Crippen LogP contribution is 2.67. The Morgan fingerprint density at radius 1 is 0.980 bits per heavy atom. The zero-order chi connectivity index (χ0) is 34.1. The van der Waals surface area contributed by atoms with E-state index in [0.717, 1.165) is 16.8 Å². The number of carbonyl (C=O) groups is 3. The van der Waals surface area contributed by atoms with Gasteiger partial charge in [-0.15, -0.1) is 30.0 Å². The van der Waals surface area contributed by atoms with Crippen molar-refractivity contribution in [3.63, 3.8) is 0 Å². The normalized spacial score (nSPS) is 24.5. The molecule has 3 fully saturated rings. The molecule has 3 aliphatic heterocycles. The molecule has 3 amide bonds. The number of carbonyl (C=O) groups excluding carboxylic acids is 3. The smallest absolute Gasteiger partial charge is 0.248 e. The summed E-state index contributed by atoms with van der Waals surface area (Å²) in [5, 5.41) is 19.4. The molecule has 4 heterocycles. The zero-order valence-electron chi connectivity index (χ0n) is 27.3. The highest BCUT2D eigenvalue weighted by atomic mass is 32.2. The summed E-state index contributed by atoms with van der Waals surface area (Å²) in [7, 11) is 0. The number of para-hydroxylation sites is 2. The lowest BCUT2D eigenvalue weighted by atomic mass is 9.70. The van der Waals surface area contributed by atoms with E-state index in [1.807, 2.05) is 84.9 Å². The van der Waals surface area contributed by atoms with Crippen molar-refractivity contribution in [2.75, 3.05) is 24.6 Å². The molecule has 0 aliphatic carbocycles. The molecule has 1 spiro atoms. The third-order valence-electron chi connectivity index (χ3n) is 10.2. The Labute approximate surface area is 290 Å².